The van der Waals surface area contributed by atoms with Gasteiger partial charge in [-0.1, -0.05) is 19.3 Å². The van der Waals surface area contributed by atoms with Crippen LogP contribution in [0.3, 0.4) is 0 Å². The van der Waals surface area contributed by atoms with Gasteiger partial charge in [0, 0.05) is 11.7 Å². The minimum Gasteiger partial charge on any atom is -0.352 e. The minimum absolute atomic E-state index is 0.0177. The van der Waals surface area contributed by atoms with Crippen LogP contribution < -0.4 is 10.9 Å². The van der Waals surface area contributed by atoms with Crippen molar-refractivity contribution in [2.45, 2.75) is 58.5 Å². The molecule has 1 aromatic rings. The first-order chi connectivity index (χ1) is 10.0. The van der Waals surface area contributed by atoms with E-state index in [1.807, 2.05) is 6.07 Å². The molecule has 1 aliphatic rings. The Bertz CT molecular complexity index is 634. The topological polar surface area (TPSA) is 74.9 Å². The lowest BCUT2D eigenvalue weighted by molar-refractivity contribution is -0.122. The van der Waals surface area contributed by atoms with Gasteiger partial charge in [0.1, 0.15) is 18.2 Å². The third-order valence-electron chi connectivity index (χ3n) is 4.09. The van der Waals surface area contributed by atoms with Crippen LogP contribution in [0.15, 0.2) is 10.9 Å². The molecule has 2 rings (SSSR count). The summed E-state index contributed by atoms with van der Waals surface area (Å²) in [4.78, 5) is 24.3. The van der Waals surface area contributed by atoms with Crippen LogP contribution in [-0.2, 0) is 11.3 Å². The lowest BCUT2D eigenvalue weighted by atomic mass is 9.95. The van der Waals surface area contributed by atoms with Crippen LogP contribution in [0.1, 0.15) is 48.9 Å². The number of rotatable bonds is 3. The second-order valence-electron chi connectivity index (χ2n) is 5.75. The van der Waals surface area contributed by atoms with Crippen LogP contribution in [0.5, 0.6) is 0 Å². The number of nitrogens with zero attached hydrogens (tertiary/aromatic N) is 2. The average molecular weight is 287 g/mol. The van der Waals surface area contributed by atoms with Crippen LogP contribution in [0.2, 0.25) is 0 Å². The third-order valence-corrected chi connectivity index (χ3v) is 4.09. The molecule has 0 aliphatic heterocycles. The largest absolute Gasteiger partial charge is 0.352 e. The summed E-state index contributed by atoms with van der Waals surface area (Å²) in [6.45, 7) is 3.50. The maximum absolute atomic E-state index is 12.2. The molecule has 112 valence electrons. The molecule has 0 atom stereocenters. The van der Waals surface area contributed by atoms with Gasteiger partial charge >= 0.3 is 0 Å². The van der Waals surface area contributed by atoms with Crippen molar-refractivity contribution in [3.8, 4) is 6.07 Å². The van der Waals surface area contributed by atoms with Gasteiger partial charge in [0.2, 0.25) is 5.91 Å². The van der Waals surface area contributed by atoms with Gasteiger partial charge in [-0.05, 0) is 38.3 Å². The number of aryl methyl sites for hydroxylation is 2. The summed E-state index contributed by atoms with van der Waals surface area (Å²) in [6, 6.07) is 3.92. The van der Waals surface area contributed by atoms with Crippen molar-refractivity contribution < 1.29 is 4.79 Å². The molecule has 0 saturated heterocycles. The molecule has 5 nitrogen and oxygen atoms in total. The first kappa shape index (κ1) is 15.3. The van der Waals surface area contributed by atoms with E-state index in [0.717, 1.165) is 25.7 Å². The number of aromatic nitrogens is 1. The summed E-state index contributed by atoms with van der Waals surface area (Å²) in [5, 5.41) is 12.0. The highest BCUT2D eigenvalue weighted by atomic mass is 16.2. The SMILES string of the molecule is Cc1cc(C)n(CC(=O)NC2CCCCC2)c(=O)c1C#N. The van der Waals surface area contributed by atoms with E-state index in [9.17, 15) is 9.59 Å². The van der Waals surface area contributed by atoms with E-state index < -0.39 is 0 Å². The van der Waals surface area contributed by atoms with Gasteiger partial charge in [-0.25, -0.2) is 0 Å². The van der Waals surface area contributed by atoms with Crippen LogP contribution in [-0.4, -0.2) is 16.5 Å². The Labute approximate surface area is 124 Å². The van der Waals surface area contributed by atoms with Crippen LogP contribution in [0, 0.1) is 25.2 Å². The number of nitriles is 1. The first-order valence-corrected chi connectivity index (χ1v) is 7.43. The maximum atomic E-state index is 12.2. The van der Waals surface area contributed by atoms with Crippen molar-refractivity contribution in [2.75, 3.05) is 0 Å². The number of nitrogens with one attached hydrogen (secondary N) is 1. The number of amides is 1. The Balaban J connectivity index is 2.14. The van der Waals surface area contributed by atoms with Gasteiger partial charge in [0.25, 0.3) is 5.56 Å². The molecule has 21 heavy (non-hydrogen) atoms. The van der Waals surface area contributed by atoms with Crippen molar-refractivity contribution in [2.24, 2.45) is 0 Å². The van der Waals surface area contributed by atoms with E-state index in [-0.39, 0.29) is 29.6 Å². The Morgan fingerprint density at radius 1 is 1.38 bits per heavy atom. The second kappa shape index (κ2) is 6.57. The number of pyridine rings is 1. The molecular formula is C16H21N3O2. The van der Waals surface area contributed by atoms with Crippen molar-refractivity contribution in [1.82, 2.24) is 9.88 Å². The predicted octanol–water partition coefficient (Wildman–Crippen LogP) is 1.79. The van der Waals surface area contributed by atoms with Gasteiger partial charge in [-0.3, -0.25) is 9.59 Å². The Kier molecular flexibility index (Phi) is 4.79. The van der Waals surface area contributed by atoms with Gasteiger partial charge in [-0.15, -0.1) is 0 Å². The second-order valence-corrected chi connectivity index (χ2v) is 5.75. The fourth-order valence-corrected chi connectivity index (χ4v) is 2.92. The Morgan fingerprint density at radius 2 is 2.05 bits per heavy atom. The lowest BCUT2D eigenvalue weighted by Crippen LogP contribution is -2.40. The Morgan fingerprint density at radius 3 is 2.67 bits per heavy atom. The Hall–Kier alpha value is -2.09. The van der Waals surface area contributed by atoms with E-state index in [4.69, 9.17) is 5.26 Å². The summed E-state index contributed by atoms with van der Waals surface area (Å²) in [5.74, 6) is -0.153. The highest BCUT2D eigenvalue weighted by molar-refractivity contribution is 5.76. The van der Waals surface area contributed by atoms with Gasteiger partial charge in [0.15, 0.2) is 0 Å². The summed E-state index contributed by atoms with van der Waals surface area (Å²) >= 11 is 0. The summed E-state index contributed by atoms with van der Waals surface area (Å²) < 4.78 is 1.38. The molecule has 0 aromatic carbocycles. The van der Waals surface area contributed by atoms with Gasteiger partial charge < -0.3 is 9.88 Å². The maximum Gasteiger partial charge on any atom is 0.269 e. The molecule has 1 aliphatic carbocycles. The van der Waals surface area contributed by atoms with E-state index in [2.05, 4.69) is 5.32 Å². The van der Waals surface area contributed by atoms with Crippen molar-refractivity contribution in [3.63, 3.8) is 0 Å². The fourth-order valence-electron chi connectivity index (χ4n) is 2.92. The molecule has 0 spiro atoms. The molecule has 0 unspecified atom stereocenters. The van der Waals surface area contributed by atoms with Crippen molar-refractivity contribution in [1.29, 1.82) is 5.26 Å². The normalized spacial score (nSPS) is 15.5. The molecule has 1 amide bonds. The molecule has 1 N–H and O–H groups in total. The van der Waals surface area contributed by atoms with Crippen LogP contribution in [0.4, 0.5) is 0 Å². The zero-order valence-electron chi connectivity index (χ0n) is 12.6. The van der Waals surface area contributed by atoms with E-state index in [1.165, 1.54) is 11.0 Å². The van der Waals surface area contributed by atoms with E-state index in [0.29, 0.717) is 11.3 Å². The summed E-state index contributed by atoms with van der Waals surface area (Å²) in [7, 11) is 0. The van der Waals surface area contributed by atoms with Gasteiger partial charge in [-0.2, -0.15) is 5.26 Å². The number of hydrogen-bond acceptors (Lipinski definition) is 3. The lowest BCUT2D eigenvalue weighted by Gasteiger charge is -2.23. The molecule has 0 bridgehead atoms. The highest BCUT2D eigenvalue weighted by Crippen LogP contribution is 2.17. The highest BCUT2D eigenvalue weighted by Gasteiger charge is 2.17. The zero-order chi connectivity index (χ0) is 15.4. The molecule has 1 aromatic heterocycles. The average Bonchev–Trinajstić information content (AvgIpc) is 2.45. The molecule has 5 heteroatoms. The van der Waals surface area contributed by atoms with Crippen molar-refractivity contribution >= 4 is 5.91 Å². The number of carbonyl (C=O) groups excluding carboxylic acids is 1. The molecular weight excluding hydrogens is 266 g/mol. The number of carbonyl (C=O) groups is 1. The molecule has 0 radical (unpaired) electrons. The predicted molar refractivity (Wildman–Crippen MR) is 79.9 cm³/mol. The quantitative estimate of drug-likeness (QED) is 0.921. The molecule has 1 saturated carbocycles. The van der Waals surface area contributed by atoms with Crippen LogP contribution in [0.25, 0.3) is 0 Å². The van der Waals surface area contributed by atoms with E-state index in [1.54, 1.807) is 19.9 Å². The van der Waals surface area contributed by atoms with Gasteiger partial charge in [0.05, 0.1) is 0 Å². The van der Waals surface area contributed by atoms with Crippen molar-refractivity contribution in [3.05, 3.63) is 33.2 Å². The first-order valence-electron chi connectivity index (χ1n) is 7.43. The summed E-state index contributed by atoms with van der Waals surface area (Å²) in [5.41, 5.74) is 1.10. The minimum atomic E-state index is -0.381. The molecule has 1 fully saturated rings. The third kappa shape index (κ3) is 3.52. The smallest absolute Gasteiger partial charge is 0.269 e. The van der Waals surface area contributed by atoms with Crippen LogP contribution >= 0.6 is 0 Å². The fraction of sp³-hybridized carbons (Fsp3) is 0.562. The monoisotopic (exact) mass is 287 g/mol. The zero-order valence-corrected chi connectivity index (χ0v) is 12.6. The summed E-state index contributed by atoms with van der Waals surface area (Å²) in [6.07, 6.45) is 5.54. The molecule has 1 heterocycles. The standard InChI is InChI=1S/C16H21N3O2/c1-11-8-12(2)19(16(21)14(11)9-17)10-15(20)18-13-6-4-3-5-7-13/h8,13H,3-7,10H2,1-2H3,(H,18,20). The van der Waals surface area contributed by atoms with E-state index >= 15 is 0 Å². The number of hydrogen-bond donors (Lipinski definition) is 1.